The molecule has 180 valence electrons. The van der Waals surface area contributed by atoms with Crippen LogP contribution in [0, 0.1) is 0 Å². The van der Waals surface area contributed by atoms with E-state index in [9.17, 15) is 13.2 Å². The van der Waals surface area contributed by atoms with Crippen LogP contribution in [-0.2, 0) is 14.8 Å². The summed E-state index contributed by atoms with van der Waals surface area (Å²) in [5.41, 5.74) is 3.41. The van der Waals surface area contributed by atoms with Crippen LogP contribution in [0.15, 0.2) is 58.8 Å². The number of sulfonamides is 1. The van der Waals surface area contributed by atoms with Crippen LogP contribution in [0.2, 0.25) is 0 Å². The molecule has 7 nitrogen and oxygen atoms in total. The number of amides is 1. The van der Waals surface area contributed by atoms with Gasteiger partial charge >= 0.3 is 0 Å². The highest BCUT2D eigenvalue weighted by molar-refractivity contribution is 7.89. The predicted octanol–water partition coefficient (Wildman–Crippen LogP) is 4.98. The molecule has 1 amide bonds. The monoisotopic (exact) mass is 499 g/mol. The smallest absolute Gasteiger partial charge is 0.257 e. The third kappa shape index (κ3) is 5.38. The molecule has 1 fully saturated rings. The summed E-state index contributed by atoms with van der Waals surface area (Å²) in [4.78, 5) is 17.4. The third-order valence-corrected chi connectivity index (χ3v) is 8.34. The quantitative estimate of drug-likeness (QED) is 0.517. The number of benzene rings is 2. The fraction of sp³-hybridized carbons (Fsp3) is 0.360. The van der Waals surface area contributed by atoms with Crippen molar-refractivity contribution in [1.29, 1.82) is 0 Å². The highest BCUT2D eigenvalue weighted by atomic mass is 32.2. The molecule has 0 radical (unpaired) electrons. The van der Waals surface area contributed by atoms with Gasteiger partial charge in [0.2, 0.25) is 10.0 Å². The lowest BCUT2D eigenvalue weighted by Gasteiger charge is -2.34. The molecule has 2 aromatic carbocycles. The van der Waals surface area contributed by atoms with Crippen molar-refractivity contribution in [1.82, 2.24) is 9.29 Å². The van der Waals surface area contributed by atoms with Crippen LogP contribution >= 0.6 is 11.3 Å². The lowest BCUT2D eigenvalue weighted by atomic mass is 10.0. The summed E-state index contributed by atoms with van der Waals surface area (Å²) >= 11 is 1.35. The van der Waals surface area contributed by atoms with Crippen molar-refractivity contribution in [2.45, 2.75) is 50.7 Å². The maximum atomic E-state index is 13.0. The second kappa shape index (κ2) is 9.95. The van der Waals surface area contributed by atoms with E-state index >= 15 is 0 Å². The van der Waals surface area contributed by atoms with Gasteiger partial charge in [-0.05, 0) is 49.6 Å². The minimum absolute atomic E-state index is 0.159. The molecule has 4 rings (SSSR count). The Labute approximate surface area is 204 Å². The Kier molecular flexibility index (Phi) is 7.18. The first-order chi connectivity index (χ1) is 16.1. The number of thiazole rings is 1. The molecule has 2 unspecified atom stereocenters. The molecule has 1 saturated heterocycles. The van der Waals surface area contributed by atoms with Gasteiger partial charge in [-0.25, -0.2) is 13.4 Å². The molecule has 1 aromatic heterocycles. The molecule has 2 heterocycles. The Bertz CT molecular complexity index is 1240. The number of anilines is 1. The van der Waals surface area contributed by atoms with E-state index < -0.39 is 10.0 Å². The number of nitrogens with zero attached hydrogens (tertiary/aromatic N) is 2. The van der Waals surface area contributed by atoms with Crippen LogP contribution in [0.5, 0.6) is 0 Å². The fourth-order valence-electron chi connectivity index (χ4n) is 3.93. The molecule has 0 bridgehead atoms. The normalized spacial score (nSPS) is 19.3. The van der Waals surface area contributed by atoms with Crippen molar-refractivity contribution in [3.05, 3.63) is 65.0 Å². The number of nitrogens with one attached hydrogen (secondary N) is 1. The first-order valence-electron chi connectivity index (χ1n) is 11.3. The van der Waals surface area contributed by atoms with E-state index in [0.29, 0.717) is 29.7 Å². The number of rotatable bonds is 6. The SMILES string of the molecule is CC1CN(S(=O)(=O)c2ccc(C(=O)Nc3nc(-c4ccc(C(C)C)cc4)cs3)cc2)CC(C)O1. The largest absolute Gasteiger partial charge is 0.373 e. The van der Waals surface area contributed by atoms with Gasteiger partial charge in [-0.2, -0.15) is 4.31 Å². The van der Waals surface area contributed by atoms with Gasteiger partial charge in [0.05, 0.1) is 22.8 Å². The Balaban J connectivity index is 1.43. The fourth-order valence-corrected chi connectivity index (χ4v) is 6.23. The summed E-state index contributed by atoms with van der Waals surface area (Å²) in [5, 5.41) is 5.19. The van der Waals surface area contributed by atoms with Gasteiger partial charge in [-0.15, -0.1) is 11.3 Å². The molecule has 0 spiro atoms. The van der Waals surface area contributed by atoms with Crippen LogP contribution in [0.4, 0.5) is 5.13 Å². The summed E-state index contributed by atoms with van der Waals surface area (Å²) < 4.78 is 33.1. The lowest BCUT2D eigenvalue weighted by molar-refractivity contribution is -0.0440. The van der Waals surface area contributed by atoms with E-state index in [2.05, 4.69) is 36.3 Å². The minimum Gasteiger partial charge on any atom is -0.373 e. The number of carbonyl (C=O) groups excluding carboxylic acids is 1. The van der Waals surface area contributed by atoms with Crippen LogP contribution in [0.25, 0.3) is 11.3 Å². The lowest BCUT2D eigenvalue weighted by Crippen LogP contribution is -2.48. The molecule has 34 heavy (non-hydrogen) atoms. The summed E-state index contributed by atoms with van der Waals surface area (Å²) in [7, 11) is -3.65. The van der Waals surface area contributed by atoms with E-state index in [1.54, 1.807) is 0 Å². The second-order valence-electron chi connectivity index (χ2n) is 8.87. The molecule has 1 N–H and O–H groups in total. The number of morpholine rings is 1. The first-order valence-corrected chi connectivity index (χ1v) is 13.6. The van der Waals surface area contributed by atoms with Gasteiger partial charge in [0.25, 0.3) is 5.91 Å². The van der Waals surface area contributed by atoms with Gasteiger partial charge in [-0.1, -0.05) is 38.1 Å². The zero-order chi connectivity index (χ0) is 24.5. The van der Waals surface area contributed by atoms with Gasteiger partial charge < -0.3 is 4.74 Å². The summed E-state index contributed by atoms with van der Waals surface area (Å²) in [6.45, 7) is 8.63. The number of ether oxygens (including phenoxy) is 1. The van der Waals surface area contributed by atoms with E-state index in [1.165, 1.54) is 45.5 Å². The van der Waals surface area contributed by atoms with E-state index in [1.807, 2.05) is 31.4 Å². The molecule has 0 aliphatic carbocycles. The predicted molar refractivity (Wildman–Crippen MR) is 135 cm³/mol. The minimum atomic E-state index is -3.65. The van der Waals surface area contributed by atoms with E-state index in [4.69, 9.17) is 4.74 Å². The Morgan fingerprint density at radius 3 is 2.26 bits per heavy atom. The van der Waals surface area contributed by atoms with Crippen molar-refractivity contribution in [3.63, 3.8) is 0 Å². The van der Waals surface area contributed by atoms with Gasteiger partial charge in [0.15, 0.2) is 5.13 Å². The molecule has 3 aromatic rings. The topological polar surface area (TPSA) is 88.6 Å². The molecule has 9 heteroatoms. The van der Waals surface area contributed by atoms with Gasteiger partial charge in [0, 0.05) is 29.6 Å². The molecule has 1 aliphatic rings. The molecular formula is C25H29N3O4S2. The number of carbonyl (C=O) groups is 1. The zero-order valence-electron chi connectivity index (χ0n) is 19.7. The Morgan fingerprint density at radius 1 is 1.06 bits per heavy atom. The highest BCUT2D eigenvalue weighted by Crippen LogP contribution is 2.27. The number of hydrogen-bond acceptors (Lipinski definition) is 6. The van der Waals surface area contributed by atoms with Crippen LogP contribution in [0.3, 0.4) is 0 Å². The van der Waals surface area contributed by atoms with Crippen molar-refractivity contribution >= 4 is 32.4 Å². The first kappa shape index (κ1) is 24.5. The second-order valence-corrected chi connectivity index (χ2v) is 11.7. The van der Waals surface area contributed by atoms with Gasteiger partial charge in [0.1, 0.15) is 0 Å². The molecule has 0 saturated carbocycles. The summed E-state index contributed by atoms with van der Waals surface area (Å²) in [6, 6.07) is 14.2. The maximum absolute atomic E-state index is 13.0. The summed E-state index contributed by atoms with van der Waals surface area (Å²) in [6.07, 6.45) is -0.334. The van der Waals surface area contributed by atoms with Crippen LogP contribution in [-0.4, -0.2) is 48.9 Å². The highest BCUT2D eigenvalue weighted by Gasteiger charge is 2.32. The van der Waals surface area contributed by atoms with Gasteiger partial charge in [-0.3, -0.25) is 10.1 Å². The standard InChI is InChI=1S/C25H29N3O4S2/c1-16(2)19-5-7-20(8-6-19)23-15-33-25(26-23)27-24(29)21-9-11-22(12-10-21)34(30,31)28-13-17(3)32-18(4)14-28/h5-12,15-18H,13-14H2,1-4H3,(H,26,27,29). The van der Waals surface area contributed by atoms with Crippen molar-refractivity contribution < 1.29 is 17.9 Å². The maximum Gasteiger partial charge on any atom is 0.257 e. The molecule has 1 aliphatic heterocycles. The van der Waals surface area contributed by atoms with Crippen molar-refractivity contribution in [2.75, 3.05) is 18.4 Å². The Hall–Kier alpha value is -2.59. The molecular weight excluding hydrogens is 470 g/mol. The van der Waals surface area contributed by atoms with Crippen LogP contribution in [0.1, 0.15) is 49.5 Å². The zero-order valence-corrected chi connectivity index (χ0v) is 21.3. The molecule has 2 atom stereocenters. The average molecular weight is 500 g/mol. The van der Waals surface area contributed by atoms with E-state index in [-0.39, 0.29) is 23.0 Å². The number of hydrogen-bond donors (Lipinski definition) is 1. The van der Waals surface area contributed by atoms with E-state index in [0.717, 1.165) is 11.3 Å². The third-order valence-electron chi connectivity index (χ3n) is 5.74. The van der Waals surface area contributed by atoms with Crippen LogP contribution < -0.4 is 5.32 Å². The Morgan fingerprint density at radius 2 is 1.68 bits per heavy atom. The van der Waals surface area contributed by atoms with Crippen molar-refractivity contribution in [2.24, 2.45) is 0 Å². The average Bonchev–Trinajstić information content (AvgIpc) is 3.27. The summed E-state index contributed by atoms with van der Waals surface area (Å²) in [5.74, 6) is 0.121. The van der Waals surface area contributed by atoms with Crippen molar-refractivity contribution in [3.8, 4) is 11.3 Å². The number of aromatic nitrogens is 1.